The van der Waals surface area contributed by atoms with Crippen molar-refractivity contribution in [3.63, 3.8) is 0 Å². The van der Waals surface area contributed by atoms with E-state index in [2.05, 4.69) is 200 Å². The molecule has 81 heavy (non-hydrogen) atoms. The van der Waals surface area contributed by atoms with Crippen molar-refractivity contribution in [2.45, 2.75) is 105 Å². The first kappa shape index (κ1) is 39.8. The molecule has 5 heterocycles. The van der Waals surface area contributed by atoms with Crippen LogP contribution in [0.3, 0.4) is 0 Å². The van der Waals surface area contributed by atoms with Gasteiger partial charge in [0.25, 0.3) is 0 Å². The standard InChI is InChI=1S/C76H69BN4/c1-46-36-62-71-70(37-46)81-67-35-31-48(74(5,6)7)39-58(67)60-40-49(75(8,9)10)41-64(72(60)81)77(71)63-44-59-57-38-47(73(2,3)4)30-34-66(57)80(69(59)45-61(63)76(62,11)12)53-27-21-26-52(42-53)79-65-29-20-19-28-55(65)56-33-32-54(43-68(56)79)78(50-22-15-13-16-23-50)51-24-17-14-18-25-51/h13-45H,1-12H3/i13D,14D,15D,16D,17D,18D,22D,23D,24D,25D. The molecule has 0 spiro atoms. The monoisotopic (exact) mass is 1060 g/mol. The Morgan fingerprint density at radius 3 is 1.59 bits per heavy atom. The topological polar surface area (TPSA) is 18.0 Å². The van der Waals surface area contributed by atoms with Crippen LogP contribution in [0.15, 0.2) is 200 Å². The lowest BCUT2D eigenvalue weighted by atomic mass is 9.30. The predicted molar refractivity (Wildman–Crippen MR) is 348 cm³/mol. The summed E-state index contributed by atoms with van der Waals surface area (Å²) in [5.41, 5.74) is 19.6. The average molecular weight is 1060 g/mol. The molecule has 13 aromatic rings. The number of hydrogen-bond acceptors (Lipinski definition) is 1. The van der Waals surface area contributed by atoms with E-state index in [-0.39, 0.29) is 40.0 Å². The number of aryl methyl sites for hydroxylation is 1. The first-order chi connectivity index (χ1) is 42.9. The summed E-state index contributed by atoms with van der Waals surface area (Å²) in [4.78, 5) is 1.23. The zero-order chi connectivity index (χ0) is 64.5. The highest BCUT2D eigenvalue weighted by molar-refractivity contribution is 6.99. The van der Waals surface area contributed by atoms with Gasteiger partial charge in [0.15, 0.2) is 0 Å². The van der Waals surface area contributed by atoms with E-state index in [0.29, 0.717) is 5.52 Å². The van der Waals surface area contributed by atoms with Gasteiger partial charge in [0, 0.05) is 77.4 Å². The van der Waals surface area contributed by atoms with Gasteiger partial charge in [0.1, 0.15) is 0 Å². The number of fused-ring (bicyclic) bond motifs is 13. The van der Waals surface area contributed by atoms with E-state index in [4.69, 9.17) is 8.22 Å². The Morgan fingerprint density at radius 1 is 0.420 bits per heavy atom. The van der Waals surface area contributed by atoms with Crippen LogP contribution in [0.25, 0.3) is 82.5 Å². The average Bonchev–Trinajstić information content (AvgIpc) is 1.64. The summed E-state index contributed by atoms with van der Waals surface area (Å²) in [6, 6.07) is 44.9. The molecule has 10 aromatic carbocycles. The summed E-state index contributed by atoms with van der Waals surface area (Å²) >= 11 is 0. The molecule has 4 nitrogen and oxygen atoms in total. The largest absolute Gasteiger partial charge is 0.310 e. The van der Waals surface area contributed by atoms with E-state index < -0.39 is 65.8 Å². The molecule has 2 aliphatic heterocycles. The molecule has 3 aromatic heterocycles. The summed E-state index contributed by atoms with van der Waals surface area (Å²) in [7, 11) is 0. The van der Waals surface area contributed by atoms with Gasteiger partial charge >= 0.3 is 0 Å². The Balaban J connectivity index is 0.993. The number of para-hydroxylation sites is 3. The zero-order valence-corrected chi connectivity index (χ0v) is 48.1. The number of benzene rings is 10. The molecule has 0 N–H and O–H groups in total. The maximum atomic E-state index is 9.22. The van der Waals surface area contributed by atoms with Gasteiger partial charge in [-0.15, -0.1) is 0 Å². The number of rotatable bonds is 5. The van der Waals surface area contributed by atoms with Crippen LogP contribution in [0.1, 0.15) is 123 Å². The van der Waals surface area contributed by atoms with Gasteiger partial charge in [0.05, 0.1) is 41.3 Å². The van der Waals surface area contributed by atoms with Gasteiger partial charge in [-0.25, -0.2) is 0 Å². The maximum Gasteiger partial charge on any atom is 0.247 e. The molecule has 0 radical (unpaired) electrons. The second-order valence-corrected chi connectivity index (χ2v) is 26.5. The van der Waals surface area contributed by atoms with E-state index in [9.17, 15) is 5.48 Å². The minimum absolute atomic E-state index is 0.0363. The molecule has 0 aliphatic carbocycles. The van der Waals surface area contributed by atoms with Crippen molar-refractivity contribution in [3.8, 4) is 17.1 Å². The molecule has 0 atom stereocenters. The molecule has 0 saturated heterocycles. The lowest BCUT2D eigenvalue weighted by molar-refractivity contribution is 0.590. The van der Waals surface area contributed by atoms with E-state index in [1.807, 2.05) is 30.3 Å². The molecular formula is C76H69BN4. The van der Waals surface area contributed by atoms with Crippen molar-refractivity contribution in [2.75, 3.05) is 4.90 Å². The number of nitrogens with zero attached hydrogens (tertiary/aromatic N) is 4. The number of aromatic nitrogens is 3. The first-order valence-electron chi connectivity index (χ1n) is 33.4. The highest BCUT2D eigenvalue weighted by Gasteiger charge is 2.46. The third-order valence-corrected chi connectivity index (χ3v) is 17.9. The van der Waals surface area contributed by atoms with Crippen LogP contribution >= 0.6 is 0 Å². The Labute approximate surface area is 491 Å². The lowest BCUT2D eigenvalue weighted by Gasteiger charge is -2.42. The van der Waals surface area contributed by atoms with E-state index in [0.717, 1.165) is 49.5 Å². The Bertz CT molecular complexity index is 5310. The Hall–Kier alpha value is -8.54. The smallest absolute Gasteiger partial charge is 0.247 e. The van der Waals surface area contributed by atoms with Crippen molar-refractivity contribution < 1.29 is 13.7 Å². The minimum atomic E-state index is -0.626. The molecule has 15 rings (SSSR count). The fraction of sp³-hybridized carbons (Fsp3) is 0.211. The van der Waals surface area contributed by atoms with Gasteiger partial charge in [-0.2, -0.15) is 0 Å². The second-order valence-electron chi connectivity index (χ2n) is 26.5. The third kappa shape index (κ3) is 7.29. The van der Waals surface area contributed by atoms with Crippen LogP contribution in [0.5, 0.6) is 0 Å². The molecule has 0 bridgehead atoms. The summed E-state index contributed by atoms with van der Waals surface area (Å²) in [6.07, 6.45) is 0. The molecule has 0 fully saturated rings. The summed E-state index contributed by atoms with van der Waals surface area (Å²) < 4.78 is 96.0. The molecular weight excluding hydrogens is 980 g/mol. The Morgan fingerprint density at radius 2 is 0.963 bits per heavy atom. The van der Waals surface area contributed by atoms with Crippen LogP contribution in [-0.2, 0) is 21.7 Å². The zero-order valence-electron chi connectivity index (χ0n) is 58.1. The van der Waals surface area contributed by atoms with E-state index >= 15 is 0 Å². The van der Waals surface area contributed by atoms with Crippen molar-refractivity contribution in [3.05, 3.63) is 233 Å². The lowest BCUT2D eigenvalue weighted by Crippen LogP contribution is -2.63. The predicted octanol–water partition coefficient (Wildman–Crippen LogP) is 18.1. The fourth-order valence-electron chi connectivity index (χ4n) is 13.8. The molecule has 5 heteroatoms. The maximum absolute atomic E-state index is 9.22. The van der Waals surface area contributed by atoms with Gasteiger partial charge in [-0.1, -0.05) is 179 Å². The molecule has 0 saturated carbocycles. The second kappa shape index (κ2) is 17.0. The van der Waals surface area contributed by atoms with Crippen molar-refractivity contribution in [1.29, 1.82) is 0 Å². The van der Waals surface area contributed by atoms with Gasteiger partial charge in [-0.3, -0.25) is 0 Å². The van der Waals surface area contributed by atoms with Gasteiger partial charge in [0.2, 0.25) is 6.71 Å². The summed E-state index contributed by atoms with van der Waals surface area (Å²) in [5, 5.41) is 6.64. The molecule has 396 valence electrons. The van der Waals surface area contributed by atoms with Crippen LogP contribution < -0.4 is 21.3 Å². The fourth-order valence-corrected chi connectivity index (χ4v) is 13.8. The highest BCUT2D eigenvalue weighted by atomic mass is 15.1. The number of hydrogen-bond donors (Lipinski definition) is 0. The SMILES string of the molecule is [2H]c1c([2H])c([2H])c(N(c2ccc3c4ccccc4n(-c4cccc(-n5c6ccc(C(C)(C)C)cc6c6cc7c(cc65)C(C)(C)c5cc(C)cc6c5B7c5cc(C(C)(C)C)cc7c8cc(C(C)(C)C)ccc8n-6c57)c4)c3c2)c2c([2H])c([2H])c([2H])c([2H])c2[2H])c([2H])c1[2H]. The van der Waals surface area contributed by atoms with Crippen LogP contribution in [0.2, 0.25) is 0 Å². The van der Waals surface area contributed by atoms with Crippen LogP contribution in [0.4, 0.5) is 17.1 Å². The molecule has 0 unspecified atom stereocenters. The number of anilines is 3. The van der Waals surface area contributed by atoms with E-state index in [1.54, 1.807) is 6.07 Å². The minimum Gasteiger partial charge on any atom is -0.310 e. The normalized spacial score (nSPS) is 15.7. The third-order valence-electron chi connectivity index (χ3n) is 17.9. The van der Waals surface area contributed by atoms with Gasteiger partial charge < -0.3 is 18.6 Å². The summed E-state index contributed by atoms with van der Waals surface area (Å²) in [5.74, 6) is 0. The highest BCUT2D eigenvalue weighted by Crippen LogP contribution is 2.46. The van der Waals surface area contributed by atoms with Crippen LogP contribution in [0, 0.1) is 6.92 Å². The quantitative estimate of drug-likeness (QED) is 0.157. The molecule has 2 aliphatic rings. The van der Waals surface area contributed by atoms with E-state index in [1.165, 1.54) is 82.2 Å². The van der Waals surface area contributed by atoms with Crippen molar-refractivity contribution >= 4 is 106 Å². The van der Waals surface area contributed by atoms with Crippen LogP contribution in [-0.4, -0.2) is 20.4 Å². The molecule has 0 amide bonds. The van der Waals surface area contributed by atoms with Crippen molar-refractivity contribution in [2.24, 2.45) is 0 Å². The van der Waals surface area contributed by atoms with Crippen molar-refractivity contribution in [1.82, 2.24) is 13.7 Å². The Kier molecular flexibility index (Phi) is 8.35. The first-order valence-corrected chi connectivity index (χ1v) is 28.4. The summed E-state index contributed by atoms with van der Waals surface area (Å²) in [6.45, 7) is 27.7. The van der Waals surface area contributed by atoms with Gasteiger partial charge in [-0.05, 0) is 171 Å².